The molecule has 1 aromatic rings. The zero-order chi connectivity index (χ0) is 14.0. The fourth-order valence-electron chi connectivity index (χ4n) is 2.57. The van der Waals surface area contributed by atoms with Gasteiger partial charge in [0.25, 0.3) is 5.22 Å². The maximum absolute atomic E-state index is 11.6. The molecule has 5 nitrogen and oxygen atoms in total. The summed E-state index contributed by atoms with van der Waals surface area (Å²) in [6.45, 7) is 5.83. The SMILES string of the molecule is Cc1coc(SC2CCC(NC(C)C)(C(=O)O)C2)n1. The molecule has 0 aliphatic heterocycles. The minimum Gasteiger partial charge on any atom is -0.480 e. The topological polar surface area (TPSA) is 75.4 Å². The first-order valence-corrected chi connectivity index (χ1v) is 7.39. The van der Waals surface area contributed by atoms with Crippen LogP contribution in [0.1, 0.15) is 38.8 Å². The fourth-order valence-corrected chi connectivity index (χ4v) is 3.76. The standard InChI is InChI=1S/C13H20N2O3S/c1-8(2)15-13(11(16)17)5-4-10(6-13)19-12-14-9(3)7-18-12/h7-8,10,15H,4-6H2,1-3H3,(H,16,17). The van der Waals surface area contributed by atoms with Crippen molar-refractivity contribution < 1.29 is 14.3 Å². The van der Waals surface area contributed by atoms with E-state index in [2.05, 4.69) is 10.3 Å². The van der Waals surface area contributed by atoms with Gasteiger partial charge < -0.3 is 9.52 Å². The molecule has 0 amide bonds. The molecule has 0 bridgehead atoms. The Morgan fingerprint density at radius 1 is 1.68 bits per heavy atom. The molecule has 19 heavy (non-hydrogen) atoms. The number of nitrogens with zero attached hydrogens (tertiary/aromatic N) is 1. The number of carbonyl (C=O) groups is 1. The number of rotatable bonds is 5. The molecule has 6 heteroatoms. The first-order valence-electron chi connectivity index (χ1n) is 6.51. The van der Waals surface area contributed by atoms with Crippen LogP contribution in [0.25, 0.3) is 0 Å². The molecule has 1 fully saturated rings. The van der Waals surface area contributed by atoms with Crippen LogP contribution in [0, 0.1) is 6.92 Å². The van der Waals surface area contributed by atoms with Gasteiger partial charge in [-0.25, -0.2) is 4.98 Å². The van der Waals surface area contributed by atoms with Crippen LogP contribution in [-0.2, 0) is 4.79 Å². The second-order valence-electron chi connectivity index (χ2n) is 5.42. The number of hydrogen-bond donors (Lipinski definition) is 2. The Bertz CT molecular complexity index is 460. The molecule has 106 valence electrons. The maximum Gasteiger partial charge on any atom is 0.323 e. The molecule has 1 heterocycles. The first kappa shape index (κ1) is 14.4. The average molecular weight is 284 g/mol. The predicted octanol–water partition coefficient (Wildman–Crippen LogP) is 2.45. The zero-order valence-corrected chi connectivity index (χ0v) is 12.3. The third-order valence-corrected chi connectivity index (χ3v) is 4.43. The highest BCUT2D eigenvalue weighted by Gasteiger charge is 2.46. The molecule has 2 N–H and O–H groups in total. The van der Waals surface area contributed by atoms with Gasteiger partial charge in [0, 0.05) is 11.3 Å². The lowest BCUT2D eigenvalue weighted by molar-refractivity contribution is -0.145. The van der Waals surface area contributed by atoms with Crippen molar-refractivity contribution in [2.45, 2.75) is 62.1 Å². The van der Waals surface area contributed by atoms with Gasteiger partial charge in [0.1, 0.15) is 11.8 Å². The summed E-state index contributed by atoms with van der Waals surface area (Å²) >= 11 is 1.54. The highest BCUT2D eigenvalue weighted by Crippen LogP contribution is 2.40. The van der Waals surface area contributed by atoms with Crippen molar-refractivity contribution in [3.05, 3.63) is 12.0 Å². The number of aliphatic carboxylic acids is 1. The number of oxazole rings is 1. The van der Waals surface area contributed by atoms with Gasteiger partial charge in [-0.2, -0.15) is 0 Å². The molecule has 0 radical (unpaired) electrons. The number of aromatic nitrogens is 1. The highest BCUT2D eigenvalue weighted by atomic mass is 32.2. The van der Waals surface area contributed by atoms with Crippen LogP contribution in [-0.4, -0.2) is 32.9 Å². The van der Waals surface area contributed by atoms with E-state index in [0.29, 0.717) is 18.1 Å². The van der Waals surface area contributed by atoms with Crippen molar-refractivity contribution in [3.63, 3.8) is 0 Å². The van der Waals surface area contributed by atoms with Crippen LogP contribution < -0.4 is 5.32 Å². The summed E-state index contributed by atoms with van der Waals surface area (Å²) in [6, 6.07) is 0.156. The van der Waals surface area contributed by atoms with Gasteiger partial charge in [-0.1, -0.05) is 11.8 Å². The van der Waals surface area contributed by atoms with Crippen molar-refractivity contribution in [2.75, 3.05) is 0 Å². The van der Waals surface area contributed by atoms with Crippen LogP contribution in [0.5, 0.6) is 0 Å². The Morgan fingerprint density at radius 2 is 2.42 bits per heavy atom. The van der Waals surface area contributed by atoms with E-state index < -0.39 is 11.5 Å². The number of nitrogens with one attached hydrogen (secondary N) is 1. The van der Waals surface area contributed by atoms with E-state index in [-0.39, 0.29) is 11.3 Å². The van der Waals surface area contributed by atoms with Crippen molar-refractivity contribution in [2.24, 2.45) is 0 Å². The van der Waals surface area contributed by atoms with E-state index in [9.17, 15) is 9.90 Å². The summed E-state index contributed by atoms with van der Waals surface area (Å²) in [6.07, 6.45) is 3.73. The quantitative estimate of drug-likeness (QED) is 0.865. The molecule has 1 aliphatic carbocycles. The van der Waals surface area contributed by atoms with Crippen LogP contribution >= 0.6 is 11.8 Å². The monoisotopic (exact) mass is 284 g/mol. The van der Waals surface area contributed by atoms with E-state index in [1.54, 1.807) is 6.26 Å². The molecule has 0 saturated heterocycles. The lowest BCUT2D eigenvalue weighted by atomic mass is 9.97. The van der Waals surface area contributed by atoms with Crippen molar-refractivity contribution in [1.82, 2.24) is 10.3 Å². The number of aryl methyl sites for hydroxylation is 1. The maximum atomic E-state index is 11.6. The first-order chi connectivity index (χ1) is 8.91. The summed E-state index contributed by atoms with van der Waals surface area (Å²) in [5.41, 5.74) is 0.0540. The van der Waals surface area contributed by atoms with Crippen LogP contribution in [0.15, 0.2) is 15.9 Å². The molecule has 2 unspecified atom stereocenters. The summed E-state index contributed by atoms with van der Waals surface area (Å²) < 4.78 is 5.32. The largest absolute Gasteiger partial charge is 0.480 e. The molecular formula is C13H20N2O3S. The Labute approximate surface area is 117 Å². The molecular weight excluding hydrogens is 264 g/mol. The molecule has 2 rings (SSSR count). The van der Waals surface area contributed by atoms with E-state index in [0.717, 1.165) is 12.1 Å². The van der Waals surface area contributed by atoms with E-state index in [4.69, 9.17) is 4.42 Å². The van der Waals surface area contributed by atoms with Crippen LogP contribution in [0.4, 0.5) is 0 Å². The molecule has 1 saturated carbocycles. The lowest BCUT2D eigenvalue weighted by Gasteiger charge is -2.28. The van der Waals surface area contributed by atoms with E-state index in [1.807, 2.05) is 20.8 Å². The second-order valence-corrected chi connectivity index (χ2v) is 6.68. The fraction of sp³-hybridized carbons (Fsp3) is 0.692. The van der Waals surface area contributed by atoms with Crippen molar-refractivity contribution in [1.29, 1.82) is 0 Å². The molecule has 2 atom stereocenters. The number of hydrogen-bond acceptors (Lipinski definition) is 5. The number of carboxylic acid groups (broad SMARTS) is 1. The lowest BCUT2D eigenvalue weighted by Crippen LogP contribution is -2.53. The third kappa shape index (κ3) is 3.30. The Morgan fingerprint density at radius 3 is 2.95 bits per heavy atom. The molecule has 0 spiro atoms. The van der Waals surface area contributed by atoms with Gasteiger partial charge in [0.2, 0.25) is 0 Å². The Hall–Kier alpha value is -1.01. The molecule has 0 aromatic carbocycles. The van der Waals surface area contributed by atoms with Crippen molar-refractivity contribution in [3.8, 4) is 0 Å². The van der Waals surface area contributed by atoms with Gasteiger partial charge in [0.15, 0.2) is 0 Å². The number of carboxylic acids is 1. The van der Waals surface area contributed by atoms with Gasteiger partial charge in [-0.05, 0) is 40.0 Å². The predicted molar refractivity (Wildman–Crippen MR) is 73.4 cm³/mol. The van der Waals surface area contributed by atoms with Gasteiger partial charge in [-0.15, -0.1) is 0 Å². The van der Waals surface area contributed by atoms with Crippen LogP contribution in [0.3, 0.4) is 0 Å². The normalized spacial score (nSPS) is 27.1. The zero-order valence-electron chi connectivity index (χ0n) is 11.5. The Balaban J connectivity index is 2.02. The van der Waals surface area contributed by atoms with Gasteiger partial charge >= 0.3 is 5.97 Å². The second kappa shape index (κ2) is 5.54. The third-order valence-electron chi connectivity index (χ3n) is 3.31. The van der Waals surface area contributed by atoms with E-state index in [1.165, 1.54) is 11.8 Å². The van der Waals surface area contributed by atoms with Crippen molar-refractivity contribution >= 4 is 17.7 Å². The summed E-state index contributed by atoms with van der Waals surface area (Å²) in [7, 11) is 0. The summed E-state index contributed by atoms with van der Waals surface area (Å²) in [5, 5.41) is 13.6. The highest BCUT2D eigenvalue weighted by molar-refractivity contribution is 7.99. The number of thioether (sulfide) groups is 1. The van der Waals surface area contributed by atoms with Crippen LogP contribution in [0.2, 0.25) is 0 Å². The van der Waals surface area contributed by atoms with Gasteiger partial charge in [0.05, 0.1) is 5.69 Å². The minimum absolute atomic E-state index is 0.156. The average Bonchev–Trinajstić information content (AvgIpc) is 2.87. The summed E-state index contributed by atoms with van der Waals surface area (Å²) in [4.78, 5) is 15.8. The smallest absolute Gasteiger partial charge is 0.323 e. The molecule has 1 aromatic heterocycles. The molecule has 1 aliphatic rings. The minimum atomic E-state index is -0.798. The Kier molecular flexibility index (Phi) is 4.20. The van der Waals surface area contributed by atoms with E-state index >= 15 is 0 Å². The van der Waals surface area contributed by atoms with Gasteiger partial charge in [-0.3, -0.25) is 10.1 Å². The summed E-state index contributed by atoms with van der Waals surface area (Å²) in [5.74, 6) is -0.757.